The number of unbranched alkanes of at least 4 members (excludes halogenated alkanes) is 19. The van der Waals surface area contributed by atoms with Gasteiger partial charge < -0.3 is 76.4 Å². The molecule has 3 heterocycles. The number of hydrogen-bond donors (Lipinski definition) is 8. The molecular weight excluding hydrogens is 1050 g/mol. The molecule has 0 aliphatic carbocycles. The van der Waals surface area contributed by atoms with Crippen molar-refractivity contribution in [1.82, 2.24) is 0 Å². The summed E-state index contributed by atoms with van der Waals surface area (Å²) >= 11 is 0. The van der Waals surface area contributed by atoms with Gasteiger partial charge >= 0.3 is 0 Å². The Hall–Kier alpha value is -1.85. The maximum absolute atomic E-state index is 12.2. The van der Waals surface area contributed by atoms with E-state index in [1.165, 1.54) is 127 Å². The number of Topliss-reactive ketones (excluding diaryl/α,β-unsaturated/α-hetero) is 1. The summed E-state index contributed by atoms with van der Waals surface area (Å²) in [5.74, 6) is 0.384. The number of carbonyl (C=O) groups excluding carboxylic acids is 1. The first-order valence-electron chi connectivity index (χ1n) is 31.5. The summed E-state index contributed by atoms with van der Waals surface area (Å²) in [7, 11) is 0. The van der Waals surface area contributed by atoms with Crippen LogP contribution in [-0.4, -0.2) is 105 Å². The van der Waals surface area contributed by atoms with Gasteiger partial charge in [-0.1, -0.05) is 144 Å². The van der Waals surface area contributed by atoms with Crippen molar-refractivity contribution in [1.29, 1.82) is 0 Å². The van der Waals surface area contributed by atoms with Gasteiger partial charge in [0.25, 0.3) is 0 Å². The molecule has 10 N–H and O–H groups in total. The van der Waals surface area contributed by atoms with E-state index >= 15 is 0 Å². The zero-order chi connectivity index (χ0) is 57.6. The van der Waals surface area contributed by atoms with E-state index in [1.807, 2.05) is 6.92 Å². The average Bonchev–Trinajstić information content (AvgIpc) is 3.40. The molecule has 0 saturated carbocycles. The molecule has 5 unspecified atom stereocenters. The number of nitrogens with two attached hydrogens (primary N) is 2. The number of carbonyl (C=O) groups is 1. The Bertz CT molecular complexity index is 1720. The minimum atomic E-state index is -1.53. The Labute approximate surface area is 500 Å². The van der Waals surface area contributed by atoms with Crippen molar-refractivity contribution in [2.75, 3.05) is 13.2 Å². The van der Waals surface area contributed by atoms with Gasteiger partial charge in [-0.2, -0.15) is 0 Å². The number of ether oxygens (including phenoxy) is 2. The molecular formula is C65H120Cl2N4O9. The van der Waals surface area contributed by atoms with Crippen molar-refractivity contribution in [2.24, 2.45) is 22.3 Å². The van der Waals surface area contributed by atoms with Crippen LogP contribution in [0.1, 0.15) is 252 Å². The van der Waals surface area contributed by atoms with E-state index in [2.05, 4.69) is 99.7 Å². The molecule has 15 heteroatoms. The minimum Gasteiger partial charge on any atom is -1.00 e. The van der Waals surface area contributed by atoms with Gasteiger partial charge in [-0.3, -0.25) is 4.79 Å². The highest BCUT2D eigenvalue weighted by Crippen LogP contribution is 2.26. The summed E-state index contributed by atoms with van der Waals surface area (Å²) in [5, 5.41) is 58.8. The molecule has 13 nitrogen and oxygen atoms in total. The average molecular weight is 1170 g/mol. The van der Waals surface area contributed by atoms with Crippen LogP contribution in [-0.2, 0) is 40.2 Å². The summed E-state index contributed by atoms with van der Waals surface area (Å²) in [4.78, 5) is 12.2. The Kier molecular flexibility index (Phi) is 45.4. The SMILES string of the molecule is CC(C)(C)CCCCc1ccc[n+](CCCCCc2ccc[n+](CCCCC(C)(C)C)c2)c1.C[C@@H](N)[C@H](O)CCCCCCCCCCCCC(=O)CCCCCCCCC[C@@H](OC1OC(CO)C(O)C(O)C1O)[C@@H](N)CO.[Cl-].[Cl-]. The smallest absolute Gasteiger partial charge is 0.187 e. The van der Waals surface area contributed by atoms with E-state index in [-0.39, 0.29) is 43.6 Å². The maximum Gasteiger partial charge on any atom is 0.187 e. The quantitative estimate of drug-likeness (QED) is 0.0339. The molecule has 1 aliphatic heterocycles. The highest BCUT2D eigenvalue weighted by molar-refractivity contribution is 5.78. The highest BCUT2D eigenvalue weighted by Gasteiger charge is 2.45. The van der Waals surface area contributed by atoms with Crippen LogP contribution in [0.2, 0.25) is 0 Å². The molecule has 3 rings (SSSR count). The van der Waals surface area contributed by atoms with Crippen molar-refractivity contribution in [2.45, 2.75) is 322 Å². The predicted octanol–water partition coefficient (Wildman–Crippen LogP) is 4.62. The second kappa shape index (κ2) is 46.4. The number of halogens is 2. The van der Waals surface area contributed by atoms with Crippen molar-refractivity contribution in [3.63, 3.8) is 0 Å². The number of nitrogens with zero attached hydrogens (tertiary/aromatic N) is 2. The van der Waals surface area contributed by atoms with Crippen LogP contribution in [0.25, 0.3) is 0 Å². The topological polar surface area (TPSA) is 217 Å². The first kappa shape index (κ1) is 78.1. The normalized spacial score (nSPS) is 19.0. The second-order valence-corrected chi connectivity index (χ2v) is 25.8. The summed E-state index contributed by atoms with van der Waals surface area (Å²) in [6.45, 7) is 17.3. The fourth-order valence-corrected chi connectivity index (χ4v) is 10.3. The molecule has 9 atom stereocenters. The first-order valence-corrected chi connectivity index (χ1v) is 31.5. The van der Waals surface area contributed by atoms with Crippen LogP contribution in [0.3, 0.4) is 0 Å². The van der Waals surface area contributed by atoms with E-state index < -0.39 is 49.5 Å². The second-order valence-electron chi connectivity index (χ2n) is 25.8. The van der Waals surface area contributed by atoms with Crippen molar-refractivity contribution < 1.29 is 78.9 Å². The van der Waals surface area contributed by atoms with E-state index in [1.54, 1.807) is 0 Å². The van der Waals surface area contributed by atoms with Gasteiger partial charge in [0, 0.05) is 55.0 Å². The van der Waals surface area contributed by atoms with Crippen LogP contribution < -0.4 is 45.4 Å². The largest absolute Gasteiger partial charge is 1.00 e. The lowest BCUT2D eigenvalue weighted by atomic mass is 9.89. The Balaban J connectivity index is 0.00000159. The maximum atomic E-state index is 12.2. The minimum absolute atomic E-state index is 0. The summed E-state index contributed by atoms with van der Waals surface area (Å²) in [6, 6.07) is 8.20. The van der Waals surface area contributed by atoms with Gasteiger partial charge in [-0.25, -0.2) is 9.13 Å². The monoisotopic (exact) mass is 1170 g/mol. The van der Waals surface area contributed by atoms with Crippen LogP contribution in [0.15, 0.2) is 49.1 Å². The van der Waals surface area contributed by atoms with Crippen LogP contribution in [0.4, 0.5) is 0 Å². The number of aliphatic hydroxyl groups is 6. The van der Waals surface area contributed by atoms with Crippen LogP contribution in [0, 0.1) is 10.8 Å². The molecule has 0 amide bonds. The number of aryl methyl sites for hydroxylation is 4. The fourth-order valence-electron chi connectivity index (χ4n) is 10.3. The summed E-state index contributed by atoms with van der Waals surface area (Å²) in [6.07, 6.45) is 37.0. The number of rotatable bonds is 43. The molecule has 0 spiro atoms. The van der Waals surface area contributed by atoms with E-state index in [9.17, 15) is 35.4 Å². The molecule has 468 valence electrons. The van der Waals surface area contributed by atoms with Crippen LogP contribution >= 0.6 is 0 Å². The zero-order valence-corrected chi connectivity index (χ0v) is 53.0. The van der Waals surface area contributed by atoms with Gasteiger partial charge in [-0.15, -0.1) is 0 Å². The lowest BCUT2D eigenvalue weighted by molar-refractivity contribution is -0.697. The molecule has 1 saturated heterocycles. The molecule has 0 bridgehead atoms. The fraction of sp³-hybridized carbons (Fsp3) is 0.831. The Morgan fingerprint density at radius 1 is 0.588 bits per heavy atom. The van der Waals surface area contributed by atoms with Gasteiger partial charge in [-0.05, 0) is 107 Å². The number of aromatic nitrogens is 2. The third kappa shape index (κ3) is 38.9. The molecule has 1 aliphatic rings. The van der Waals surface area contributed by atoms with E-state index in [0.29, 0.717) is 35.9 Å². The predicted molar refractivity (Wildman–Crippen MR) is 316 cm³/mol. The van der Waals surface area contributed by atoms with Crippen molar-refractivity contribution in [3.8, 4) is 0 Å². The van der Waals surface area contributed by atoms with Gasteiger partial charge in [0.15, 0.2) is 31.1 Å². The van der Waals surface area contributed by atoms with Gasteiger partial charge in [0.05, 0.1) is 31.5 Å². The third-order valence-electron chi connectivity index (χ3n) is 15.6. The number of ketones is 1. The zero-order valence-electron chi connectivity index (χ0n) is 51.5. The number of pyridine rings is 2. The highest BCUT2D eigenvalue weighted by atomic mass is 35.5. The molecule has 80 heavy (non-hydrogen) atoms. The standard InChI is InChI=1S/C34H68N2O9.C31H52N2.2ClH/c1-25(35)28(40)21-17-13-9-5-3-2-4-7-11-15-19-26(39)20-16-12-8-6-10-14-18-22-29(27(36)23-37)44-34-33(43)32(42)31(41)30(24-38)45-34;1-30(2,3)20-10-9-17-29-19-15-24-32(27-29)22-12-7-8-16-28-18-14-25-33(26-28)23-13-11-21-31(4,5)6;;/h25,27-34,37-38,40-43H,2-24,35-36H2,1H3;14-15,18-19,24-27H,7-13,16-17,20-23H2,1-6H3;2*1H/q;+2;;/p-2/t25-,27+,28-,29-,30?,31?,32?,33?,34?;;;/m1.../s1. The van der Waals surface area contributed by atoms with Gasteiger partial charge in [0.1, 0.15) is 43.3 Å². The lowest BCUT2D eigenvalue weighted by Gasteiger charge is -2.41. The molecule has 1 fully saturated rings. The van der Waals surface area contributed by atoms with Crippen molar-refractivity contribution >= 4 is 5.78 Å². The molecule has 0 radical (unpaired) electrons. The van der Waals surface area contributed by atoms with E-state index in [4.69, 9.17) is 20.9 Å². The number of hydrogen-bond acceptors (Lipinski definition) is 11. The van der Waals surface area contributed by atoms with Crippen LogP contribution in [0.5, 0.6) is 0 Å². The van der Waals surface area contributed by atoms with Crippen molar-refractivity contribution in [3.05, 3.63) is 60.2 Å². The molecule has 2 aromatic heterocycles. The lowest BCUT2D eigenvalue weighted by Crippen LogP contribution is -3.00. The summed E-state index contributed by atoms with van der Waals surface area (Å²) in [5.41, 5.74) is 15.6. The molecule has 0 aromatic carbocycles. The summed E-state index contributed by atoms with van der Waals surface area (Å²) < 4.78 is 16.0. The first-order chi connectivity index (χ1) is 37.2. The Morgan fingerprint density at radius 3 is 1.45 bits per heavy atom. The third-order valence-corrected chi connectivity index (χ3v) is 15.6. The number of aliphatic hydroxyl groups excluding tert-OH is 6. The van der Waals surface area contributed by atoms with E-state index in [0.717, 1.165) is 83.7 Å². The molecule has 2 aromatic rings. The Morgan fingerprint density at radius 2 is 1.00 bits per heavy atom. The van der Waals surface area contributed by atoms with Gasteiger partial charge in [0.2, 0.25) is 0 Å².